The minimum absolute atomic E-state index is 0.0796. The molecule has 0 fully saturated rings. The maximum absolute atomic E-state index is 14.0. The maximum Gasteiger partial charge on any atom is 0.338 e. The Hall–Kier alpha value is -5.55. The molecule has 1 aliphatic heterocycles. The summed E-state index contributed by atoms with van der Waals surface area (Å²) in [5, 5.41) is 11.4. The number of aryl methyl sites for hydroxylation is 1. The third kappa shape index (κ3) is 6.04. The number of carbonyl (C=O) groups excluding carboxylic acids is 1. The van der Waals surface area contributed by atoms with Crippen molar-refractivity contribution in [3.8, 4) is 17.1 Å². The van der Waals surface area contributed by atoms with Gasteiger partial charge in [-0.2, -0.15) is 0 Å². The fraction of sp³-hybridized carbons (Fsp3) is 0.171. The van der Waals surface area contributed by atoms with Crippen molar-refractivity contribution in [3.63, 3.8) is 0 Å². The number of nitro groups is 1. The summed E-state index contributed by atoms with van der Waals surface area (Å²) in [4.78, 5) is 43.3. The smallest absolute Gasteiger partial charge is 0.338 e. The highest BCUT2D eigenvalue weighted by atomic mass is 32.1. The SMILES string of the molecule is CCOC(=O)C1=C(C)N=c2s/c(=C\c3cccc(OCc4ccccc4)c3)c(=O)n2[C@H]1c1ccc(-c2cc([N+](=O)[O-])ccc2C)o1. The second-order valence-electron chi connectivity index (χ2n) is 10.6. The van der Waals surface area contributed by atoms with Crippen LogP contribution in [-0.2, 0) is 16.1 Å². The molecule has 46 heavy (non-hydrogen) atoms. The lowest BCUT2D eigenvalue weighted by Crippen LogP contribution is -2.39. The summed E-state index contributed by atoms with van der Waals surface area (Å²) in [5.74, 6) is 0.699. The number of aromatic nitrogens is 1. The van der Waals surface area contributed by atoms with Crippen molar-refractivity contribution in [1.29, 1.82) is 0 Å². The average Bonchev–Trinajstić information content (AvgIpc) is 3.65. The highest BCUT2D eigenvalue weighted by Gasteiger charge is 2.35. The monoisotopic (exact) mass is 635 g/mol. The summed E-state index contributed by atoms with van der Waals surface area (Å²) >= 11 is 1.20. The van der Waals surface area contributed by atoms with Gasteiger partial charge in [-0.3, -0.25) is 19.5 Å². The number of ether oxygens (including phenoxy) is 2. The average molecular weight is 636 g/mol. The largest absolute Gasteiger partial charge is 0.489 e. The first-order valence-electron chi connectivity index (χ1n) is 14.5. The fourth-order valence-corrected chi connectivity index (χ4v) is 6.33. The molecule has 0 N–H and O–H groups in total. The second kappa shape index (κ2) is 12.8. The van der Waals surface area contributed by atoms with Crippen LogP contribution in [-0.4, -0.2) is 22.1 Å². The number of non-ortho nitro benzene ring substituents is 1. The Morgan fingerprint density at radius 1 is 1.07 bits per heavy atom. The third-order valence-corrected chi connectivity index (χ3v) is 8.50. The predicted molar refractivity (Wildman–Crippen MR) is 173 cm³/mol. The van der Waals surface area contributed by atoms with Gasteiger partial charge in [-0.25, -0.2) is 9.79 Å². The van der Waals surface area contributed by atoms with Gasteiger partial charge in [0.05, 0.1) is 27.3 Å². The van der Waals surface area contributed by atoms with Crippen molar-refractivity contribution in [2.75, 3.05) is 6.61 Å². The molecular formula is C35H29N3O7S. The van der Waals surface area contributed by atoms with Gasteiger partial charge in [0.2, 0.25) is 0 Å². The topological polar surface area (TPSA) is 126 Å². The molecular weight excluding hydrogens is 606 g/mol. The summed E-state index contributed by atoms with van der Waals surface area (Å²) in [6, 6.07) is 24.2. The van der Waals surface area contributed by atoms with Crippen molar-refractivity contribution < 1.29 is 23.6 Å². The fourth-order valence-electron chi connectivity index (χ4n) is 5.28. The molecule has 1 aliphatic rings. The van der Waals surface area contributed by atoms with E-state index in [9.17, 15) is 19.7 Å². The Morgan fingerprint density at radius 3 is 2.63 bits per heavy atom. The Balaban J connectivity index is 1.42. The molecule has 0 amide bonds. The summed E-state index contributed by atoms with van der Waals surface area (Å²) in [7, 11) is 0. The van der Waals surface area contributed by atoms with E-state index in [4.69, 9.17) is 13.9 Å². The number of furan rings is 1. The van der Waals surface area contributed by atoms with Crippen LogP contribution in [0.2, 0.25) is 0 Å². The van der Waals surface area contributed by atoms with E-state index in [-0.39, 0.29) is 23.4 Å². The van der Waals surface area contributed by atoms with Crippen LogP contribution in [0, 0.1) is 17.0 Å². The molecule has 232 valence electrons. The number of nitrogens with zero attached hydrogens (tertiary/aromatic N) is 3. The first kappa shape index (κ1) is 30.5. The van der Waals surface area contributed by atoms with Crippen LogP contribution < -0.4 is 19.6 Å². The summed E-state index contributed by atoms with van der Waals surface area (Å²) in [6.07, 6.45) is 1.76. The number of benzene rings is 3. The van der Waals surface area contributed by atoms with Crippen LogP contribution in [0.25, 0.3) is 17.4 Å². The highest BCUT2D eigenvalue weighted by molar-refractivity contribution is 7.07. The number of hydrogen-bond donors (Lipinski definition) is 0. The third-order valence-electron chi connectivity index (χ3n) is 7.51. The Labute approximate surface area is 267 Å². The van der Waals surface area contributed by atoms with Gasteiger partial charge in [0.15, 0.2) is 4.80 Å². The number of carbonyl (C=O) groups is 1. The normalized spacial score (nSPS) is 14.5. The number of fused-ring (bicyclic) bond motifs is 1. The van der Waals surface area contributed by atoms with E-state index in [0.717, 1.165) is 16.7 Å². The van der Waals surface area contributed by atoms with E-state index < -0.39 is 16.9 Å². The quantitative estimate of drug-likeness (QED) is 0.113. The minimum atomic E-state index is -0.967. The molecule has 11 heteroatoms. The molecule has 0 saturated carbocycles. The molecule has 3 heterocycles. The van der Waals surface area contributed by atoms with E-state index in [1.807, 2.05) is 61.5 Å². The Bertz CT molecular complexity index is 2180. The molecule has 0 radical (unpaired) electrons. The van der Waals surface area contributed by atoms with Crippen LogP contribution in [0.5, 0.6) is 5.75 Å². The number of hydrogen-bond acceptors (Lipinski definition) is 9. The lowest BCUT2D eigenvalue weighted by molar-refractivity contribution is -0.384. The van der Waals surface area contributed by atoms with Gasteiger partial charge in [0.25, 0.3) is 11.2 Å². The van der Waals surface area contributed by atoms with Crippen LogP contribution in [0.4, 0.5) is 5.69 Å². The van der Waals surface area contributed by atoms with Gasteiger partial charge in [-0.05, 0) is 67.8 Å². The molecule has 5 aromatic rings. The number of thiazole rings is 1. The molecule has 2 aromatic heterocycles. The molecule has 10 nitrogen and oxygen atoms in total. The Kier molecular flexibility index (Phi) is 8.49. The zero-order valence-electron chi connectivity index (χ0n) is 25.3. The van der Waals surface area contributed by atoms with Gasteiger partial charge in [-0.15, -0.1) is 0 Å². The number of rotatable bonds is 9. The first-order valence-corrected chi connectivity index (χ1v) is 15.4. The number of allylic oxidation sites excluding steroid dienone is 1. The number of esters is 1. The van der Waals surface area contributed by atoms with Crippen molar-refractivity contribution >= 4 is 29.1 Å². The molecule has 1 atom stereocenters. The summed E-state index contributed by atoms with van der Waals surface area (Å²) < 4.78 is 19.5. The first-order chi connectivity index (χ1) is 22.2. The van der Waals surface area contributed by atoms with Gasteiger partial charge in [0.1, 0.15) is 29.9 Å². The highest BCUT2D eigenvalue weighted by Crippen LogP contribution is 2.36. The number of nitro benzene ring substituents is 1. The van der Waals surface area contributed by atoms with Gasteiger partial charge in [0, 0.05) is 17.7 Å². The van der Waals surface area contributed by atoms with Crippen molar-refractivity contribution in [3.05, 3.63) is 148 Å². The molecule has 0 spiro atoms. The lowest BCUT2D eigenvalue weighted by Gasteiger charge is -2.22. The van der Waals surface area contributed by atoms with Gasteiger partial charge >= 0.3 is 5.97 Å². The zero-order chi connectivity index (χ0) is 32.4. The maximum atomic E-state index is 14.0. The molecule has 0 unspecified atom stereocenters. The zero-order valence-corrected chi connectivity index (χ0v) is 26.1. The van der Waals surface area contributed by atoms with E-state index in [1.165, 1.54) is 28.0 Å². The predicted octanol–water partition coefficient (Wildman–Crippen LogP) is 5.85. The van der Waals surface area contributed by atoms with Crippen LogP contribution in [0.1, 0.15) is 42.3 Å². The van der Waals surface area contributed by atoms with Crippen LogP contribution in [0.3, 0.4) is 0 Å². The van der Waals surface area contributed by atoms with E-state index in [0.29, 0.717) is 44.5 Å². The molecule has 0 saturated heterocycles. The van der Waals surface area contributed by atoms with Crippen LogP contribution >= 0.6 is 11.3 Å². The second-order valence-corrected chi connectivity index (χ2v) is 11.6. The van der Waals surface area contributed by atoms with Gasteiger partial charge in [-0.1, -0.05) is 59.9 Å². The molecule has 0 bridgehead atoms. The molecule has 0 aliphatic carbocycles. The van der Waals surface area contributed by atoms with Crippen molar-refractivity contribution in [2.24, 2.45) is 4.99 Å². The van der Waals surface area contributed by atoms with E-state index in [2.05, 4.69) is 4.99 Å². The van der Waals surface area contributed by atoms with Gasteiger partial charge < -0.3 is 13.9 Å². The van der Waals surface area contributed by atoms with E-state index in [1.54, 1.807) is 38.1 Å². The summed E-state index contributed by atoms with van der Waals surface area (Å²) in [6.45, 7) is 5.75. The minimum Gasteiger partial charge on any atom is -0.489 e. The molecule has 3 aromatic carbocycles. The van der Waals surface area contributed by atoms with Crippen LogP contribution in [0.15, 0.2) is 110 Å². The van der Waals surface area contributed by atoms with E-state index >= 15 is 0 Å². The molecule has 6 rings (SSSR count). The van der Waals surface area contributed by atoms with Crippen molar-refractivity contribution in [1.82, 2.24) is 4.57 Å². The van der Waals surface area contributed by atoms with Crippen molar-refractivity contribution in [2.45, 2.75) is 33.4 Å². The lowest BCUT2D eigenvalue weighted by atomic mass is 10.0. The summed E-state index contributed by atoms with van der Waals surface area (Å²) in [5.41, 5.74) is 3.23. The Morgan fingerprint density at radius 2 is 1.87 bits per heavy atom. The standard InChI is InChI=1S/C35H29N3O7S/c1-4-43-34(40)31-22(3)36-35-37(32(31)29-16-15-28(45-29)27-19-25(38(41)42)14-13-21(27)2)33(39)30(46-35)18-24-11-8-12-26(17-24)44-20-23-9-6-5-7-10-23/h5-19,32H,4,20H2,1-3H3/b30-18-/t32-/m0/s1.